The number of rotatable bonds is 6. The van der Waals surface area contributed by atoms with Gasteiger partial charge in [0.2, 0.25) is 5.82 Å². The molecule has 1 unspecified atom stereocenters. The summed E-state index contributed by atoms with van der Waals surface area (Å²) < 4.78 is 68.6. The minimum Gasteiger partial charge on any atom is -0.332 e. The zero-order valence-electron chi connectivity index (χ0n) is 16.6. The Kier molecular flexibility index (Phi) is 6.89. The maximum Gasteiger partial charge on any atom is 0.200 e. The number of hydrogen-bond acceptors (Lipinski definition) is 2. The molecule has 3 rings (SSSR count). The molecule has 3 aromatic rings. The summed E-state index contributed by atoms with van der Waals surface area (Å²) >= 11 is 5.22. The van der Waals surface area contributed by atoms with Crippen LogP contribution < -0.4 is 10.6 Å². The molecule has 1 atom stereocenters. The van der Waals surface area contributed by atoms with Crippen LogP contribution >= 0.6 is 12.2 Å². The fourth-order valence-electron chi connectivity index (χ4n) is 2.88. The van der Waals surface area contributed by atoms with Crippen LogP contribution in [0.3, 0.4) is 0 Å². The van der Waals surface area contributed by atoms with E-state index in [0.29, 0.717) is 5.92 Å². The molecule has 0 bridgehead atoms. The van der Waals surface area contributed by atoms with Gasteiger partial charge in [-0.2, -0.15) is 5.10 Å². The molecule has 164 valence electrons. The highest BCUT2D eigenvalue weighted by Crippen LogP contribution is 2.24. The highest BCUT2D eigenvalue weighted by atomic mass is 32.1. The van der Waals surface area contributed by atoms with E-state index in [2.05, 4.69) is 29.6 Å². The molecule has 0 saturated carbocycles. The van der Waals surface area contributed by atoms with Crippen molar-refractivity contribution < 1.29 is 22.0 Å². The van der Waals surface area contributed by atoms with Gasteiger partial charge in [-0.3, -0.25) is 4.68 Å². The lowest BCUT2D eigenvalue weighted by Crippen LogP contribution is -2.19. The summed E-state index contributed by atoms with van der Waals surface area (Å²) in [4.78, 5) is 0. The Labute approximate surface area is 181 Å². The molecule has 0 fully saturated rings. The van der Waals surface area contributed by atoms with E-state index in [4.69, 9.17) is 12.2 Å². The summed E-state index contributed by atoms with van der Waals surface area (Å²) in [6.07, 6.45) is 2.35. The zero-order valence-corrected chi connectivity index (χ0v) is 17.5. The van der Waals surface area contributed by atoms with E-state index in [0.717, 1.165) is 16.8 Å². The lowest BCUT2D eigenvalue weighted by molar-refractivity contribution is 0.367. The van der Waals surface area contributed by atoms with Crippen LogP contribution in [0, 0.1) is 29.1 Å². The maximum absolute atomic E-state index is 13.8. The van der Waals surface area contributed by atoms with Crippen LogP contribution in [0.2, 0.25) is 0 Å². The van der Waals surface area contributed by atoms with E-state index >= 15 is 0 Å². The van der Waals surface area contributed by atoms with Gasteiger partial charge in [0.15, 0.2) is 34.2 Å². The zero-order chi connectivity index (χ0) is 22.7. The van der Waals surface area contributed by atoms with Crippen molar-refractivity contribution in [2.75, 3.05) is 10.6 Å². The van der Waals surface area contributed by atoms with Crippen LogP contribution in [0.15, 0.2) is 36.5 Å². The van der Waals surface area contributed by atoms with Crippen molar-refractivity contribution in [3.8, 4) is 0 Å². The molecule has 31 heavy (non-hydrogen) atoms. The molecule has 1 aromatic heterocycles. The van der Waals surface area contributed by atoms with Gasteiger partial charge in [-0.15, -0.1) is 0 Å². The largest absolute Gasteiger partial charge is 0.332 e. The van der Waals surface area contributed by atoms with Crippen molar-refractivity contribution in [2.45, 2.75) is 32.7 Å². The molecule has 0 amide bonds. The SMILES string of the molecule is CCC(C)c1ccc(NC(=S)Nc2ccn(Cc3c(F)c(F)c(F)c(F)c3F)n2)cc1. The predicted molar refractivity (Wildman–Crippen MR) is 113 cm³/mol. The molecular weight excluding hydrogens is 435 g/mol. The lowest BCUT2D eigenvalue weighted by atomic mass is 9.99. The van der Waals surface area contributed by atoms with Crippen molar-refractivity contribution in [3.05, 3.63) is 76.7 Å². The number of nitrogens with one attached hydrogen (secondary N) is 2. The Morgan fingerprint density at radius 3 is 2.10 bits per heavy atom. The first kappa shape index (κ1) is 22.7. The average molecular weight is 454 g/mol. The molecule has 4 nitrogen and oxygen atoms in total. The molecule has 0 spiro atoms. The molecule has 2 aromatic carbocycles. The maximum atomic E-state index is 13.8. The van der Waals surface area contributed by atoms with E-state index in [1.54, 1.807) is 0 Å². The van der Waals surface area contributed by atoms with Gasteiger partial charge in [-0.25, -0.2) is 22.0 Å². The predicted octanol–water partition coefficient (Wildman–Crippen LogP) is 5.95. The highest BCUT2D eigenvalue weighted by Gasteiger charge is 2.25. The van der Waals surface area contributed by atoms with Gasteiger partial charge < -0.3 is 10.6 Å². The molecule has 10 heteroatoms. The second-order valence-electron chi connectivity index (χ2n) is 6.96. The third-order valence-electron chi connectivity index (χ3n) is 4.85. The molecule has 0 saturated heterocycles. The van der Waals surface area contributed by atoms with Gasteiger partial charge in [0.05, 0.1) is 12.1 Å². The van der Waals surface area contributed by atoms with Gasteiger partial charge in [-0.1, -0.05) is 26.0 Å². The second-order valence-corrected chi connectivity index (χ2v) is 7.37. The van der Waals surface area contributed by atoms with Crippen molar-refractivity contribution in [1.29, 1.82) is 0 Å². The monoisotopic (exact) mass is 454 g/mol. The molecule has 0 aliphatic rings. The molecule has 1 heterocycles. The number of benzene rings is 2. The minimum atomic E-state index is -2.20. The van der Waals surface area contributed by atoms with E-state index in [1.165, 1.54) is 17.8 Å². The lowest BCUT2D eigenvalue weighted by Gasteiger charge is -2.12. The van der Waals surface area contributed by atoms with Crippen molar-refractivity contribution in [3.63, 3.8) is 0 Å². The Bertz CT molecular complexity index is 1070. The first-order chi connectivity index (χ1) is 14.7. The van der Waals surface area contributed by atoms with Crippen LogP contribution in [0.4, 0.5) is 33.5 Å². The third kappa shape index (κ3) is 5.01. The fraction of sp³-hybridized carbons (Fsp3) is 0.238. The van der Waals surface area contributed by atoms with Crippen molar-refractivity contribution >= 4 is 28.8 Å². The summed E-state index contributed by atoms with van der Waals surface area (Å²) in [7, 11) is 0. The van der Waals surface area contributed by atoms with Crippen LogP contribution in [-0.4, -0.2) is 14.9 Å². The Hall–Kier alpha value is -3.01. The molecule has 0 aliphatic heterocycles. The summed E-state index contributed by atoms with van der Waals surface area (Å²) in [6.45, 7) is 3.60. The smallest absolute Gasteiger partial charge is 0.200 e. The second kappa shape index (κ2) is 9.42. The fourth-order valence-corrected chi connectivity index (χ4v) is 3.10. The Balaban J connectivity index is 1.66. The van der Waals surface area contributed by atoms with Gasteiger partial charge in [0.1, 0.15) is 0 Å². The number of anilines is 2. The minimum absolute atomic E-state index is 0.220. The summed E-state index contributed by atoms with van der Waals surface area (Å²) in [5.41, 5.74) is 0.984. The van der Waals surface area contributed by atoms with Crippen LogP contribution in [0.25, 0.3) is 0 Å². The molecule has 0 radical (unpaired) electrons. The Morgan fingerprint density at radius 2 is 1.52 bits per heavy atom. The van der Waals surface area contributed by atoms with E-state index in [1.807, 2.05) is 24.3 Å². The molecule has 0 aliphatic carbocycles. The summed E-state index contributed by atoms with van der Waals surface area (Å²) in [5, 5.41) is 10.0. The first-order valence-corrected chi connectivity index (χ1v) is 9.83. The standard InChI is InChI=1S/C21H19F5N4S/c1-3-11(2)12-4-6-13(7-5-12)27-21(31)28-15-8-9-30(29-15)10-14-16(22)18(24)20(26)19(25)17(14)23/h4-9,11H,3,10H2,1-2H3,(H2,27,28,29,31). The summed E-state index contributed by atoms with van der Waals surface area (Å²) in [5.74, 6) is -9.29. The van der Waals surface area contributed by atoms with Crippen molar-refractivity contribution in [2.24, 2.45) is 0 Å². The summed E-state index contributed by atoms with van der Waals surface area (Å²) in [6, 6.07) is 9.22. The first-order valence-electron chi connectivity index (χ1n) is 9.43. The van der Waals surface area contributed by atoms with Gasteiger partial charge >= 0.3 is 0 Å². The van der Waals surface area contributed by atoms with Crippen molar-refractivity contribution in [1.82, 2.24) is 9.78 Å². The quantitative estimate of drug-likeness (QED) is 0.209. The van der Waals surface area contributed by atoms with Gasteiger partial charge in [0, 0.05) is 18.0 Å². The number of nitrogens with zero attached hydrogens (tertiary/aromatic N) is 2. The van der Waals surface area contributed by atoms with E-state index in [9.17, 15) is 22.0 Å². The molecule has 2 N–H and O–H groups in total. The third-order valence-corrected chi connectivity index (χ3v) is 5.06. The number of hydrogen-bond donors (Lipinski definition) is 2. The van der Waals surface area contributed by atoms with Gasteiger partial charge in [0.25, 0.3) is 0 Å². The number of aromatic nitrogens is 2. The average Bonchev–Trinajstić information content (AvgIpc) is 3.20. The van der Waals surface area contributed by atoms with Gasteiger partial charge in [-0.05, 0) is 42.3 Å². The topological polar surface area (TPSA) is 41.9 Å². The highest BCUT2D eigenvalue weighted by molar-refractivity contribution is 7.80. The Morgan fingerprint density at radius 1 is 0.935 bits per heavy atom. The van der Waals surface area contributed by atoms with Crippen LogP contribution in [-0.2, 0) is 6.54 Å². The number of thiocarbonyl (C=S) groups is 1. The van der Waals surface area contributed by atoms with E-state index in [-0.39, 0.29) is 10.9 Å². The van der Waals surface area contributed by atoms with E-state index < -0.39 is 41.2 Å². The van der Waals surface area contributed by atoms with Crippen LogP contribution in [0.1, 0.15) is 37.3 Å². The van der Waals surface area contributed by atoms with Crippen LogP contribution in [0.5, 0.6) is 0 Å². The normalized spacial score (nSPS) is 12.0. The number of halogens is 5. The molecular formula is C21H19F5N4S.